The van der Waals surface area contributed by atoms with Crippen molar-refractivity contribution in [3.63, 3.8) is 0 Å². The molecular weight excluding hydrogens is 472 g/mol. The van der Waals surface area contributed by atoms with E-state index in [0.717, 1.165) is 0 Å². The summed E-state index contributed by atoms with van der Waals surface area (Å²) in [5, 5.41) is 0. The van der Waals surface area contributed by atoms with E-state index < -0.39 is 8.07 Å². The number of rotatable bonds is 33. The Kier molecular flexibility index (Phi) is 31.9. The summed E-state index contributed by atoms with van der Waals surface area (Å²) in [6.45, 7) is 9.78. The van der Waals surface area contributed by atoms with Crippen LogP contribution in [0.3, 0.4) is 0 Å². The normalized spacial score (nSPS) is 13.3. The standard InChI is InChI=1S/C37H78Si/c1-5-8-11-14-17-19-20-21-22-23-24-25-26-28-31-34-37-38(4,35-32-29-16-13-10-7-3)36-33-30-27-18-15-12-9-6-2/h5-37H2,1-4H3. The first-order chi connectivity index (χ1) is 18.7. The highest BCUT2D eigenvalue weighted by molar-refractivity contribution is 6.78. The summed E-state index contributed by atoms with van der Waals surface area (Å²) in [5.74, 6) is 0. The van der Waals surface area contributed by atoms with Crippen LogP contribution in [-0.2, 0) is 0 Å². The molecule has 0 nitrogen and oxygen atoms in total. The van der Waals surface area contributed by atoms with Crippen LogP contribution >= 0.6 is 0 Å². The van der Waals surface area contributed by atoms with Gasteiger partial charge in [-0.2, -0.15) is 0 Å². The van der Waals surface area contributed by atoms with E-state index in [-0.39, 0.29) is 0 Å². The maximum absolute atomic E-state index is 2.80. The lowest BCUT2D eigenvalue weighted by atomic mass is 10.0. The zero-order valence-corrected chi connectivity index (χ0v) is 28.8. The van der Waals surface area contributed by atoms with Gasteiger partial charge in [0.1, 0.15) is 0 Å². The predicted octanol–water partition coefficient (Wildman–Crippen LogP) is 14.8. The first-order valence-corrected chi connectivity index (χ1v) is 21.8. The van der Waals surface area contributed by atoms with E-state index in [9.17, 15) is 0 Å². The van der Waals surface area contributed by atoms with Gasteiger partial charge in [0.15, 0.2) is 0 Å². The SMILES string of the molecule is CCCCCCCCCCCCCCCCCC[Si](C)(CCCCCCCC)CCCCCCCCCC. The van der Waals surface area contributed by atoms with E-state index in [1.165, 1.54) is 173 Å². The van der Waals surface area contributed by atoms with Gasteiger partial charge in [-0.25, -0.2) is 0 Å². The lowest BCUT2D eigenvalue weighted by Crippen LogP contribution is -2.29. The quantitative estimate of drug-likeness (QED) is 0.0563. The van der Waals surface area contributed by atoms with Gasteiger partial charge in [-0.3, -0.25) is 0 Å². The molecule has 0 amide bonds. The Morgan fingerprint density at radius 3 is 0.579 bits per heavy atom. The first-order valence-electron chi connectivity index (χ1n) is 18.7. The van der Waals surface area contributed by atoms with Crippen molar-refractivity contribution in [1.82, 2.24) is 0 Å². The molecule has 0 N–H and O–H groups in total. The van der Waals surface area contributed by atoms with Crippen LogP contribution in [0.4, 0.5) is 0 Å². The average Bonchev–Trinajstić information content (AvgIpc) is 2.92. The van der Waals surface area contributed by atoms with E-state index >= 15 is 0 Å². The molecule has 1 heteroatoms. The fraction of sp³-hybridized carbons (Fsp3) is 1.00. The van der Waals surface area contributed by atoms with Gasteiger partial charge in [0.05, 0.1) is 8.07 Å². The molecule has 0 radical (unpaired) electrons. The monoisotopic (exact) mass is 551 g/mol. The second kappa shape index (κ2) is 31.7. The van der Waals surface area contributed by atoms with Crippen LogP contribution in [0.25, 0.3) is 0 Å². The molecule has 1 atom stereocenters. The van der Waals surface area contributed by atoms with Crippen molar-refractivity contribution in [1.29, 1.82) is 0 Å². The van der Waals surface area contributed by atoms with Crippen molar-refractivity contribution < 1.29 is 0 Å². The van der Waals surface area contributed by atoms with Crippen LogP contribution in [-0.4, -0.2) is 8.07 Å². The summed E-state index contributed by atoms with van der Waals surface area (Å²) in [6.07, 6.45) is 44.5. The Bertz CT molecular complexity index is 419. The highest BCUT2D eigenvalue weighted by Crippen LogP contribution is 2.30. The highest BCUT2D eigenvalue weighted by Gasteiger charge is 2.25. The third-order valence-electron chi connectivity index (χ3n) is 9.40. The predicted molar refractivity (Wildman–Crippen MR) is 182 cm³/mol. The fourth-order valence-corrected chi connectivity index (χ4v) is 10.6. The van der Waals surface area contributed by atoms with Gasteiger partial charge in [-0.05, 0) is 0 Å². The summed E-state index contributed by atoms with van der Waals surface area (Å²) in [7, 11) is -1.01. The van der Waals surface area contributed by atoms with E-state index in [1.54, 1.807) is 37.4 Å². The maximum atomic E-state index is 2.80. The summed E-state index contributed by atoms with van der Waals surface area (Å²) in [4.78, 5) is 0. The van der Waals surface area contributed by atoms with E-state index in [1.807, 2.05) is 0 Å². The molecule has 0 saturated heterocycles. The molecule has 0 heterocycles. The second-order valence-electron chi connectivity index (χ2n) is 13.6. The molecule has 0 spiro atoms. The Hall–Kier alpha value is 0.217. The zero-order chi connectivity index (χ0) is 27.8. The number of hydrogen-bond acceptors (Lipinski definition) is 0. The van der Waals surface area contributed by atoms with Crippen LogP contribution < -0.4 is 0 Å². The smallest absolute Gasteiger partial charge is 0.0504 e. The molecule has 0 bridgehead atoms. The van der Waals surface area contributed by atoms with Crippen LogP contribution in [0.5, 0.6) is 0 Å². The van der Waals surface area contributed by atoms with Crippen LogP contribution in [0.2, 0.25) is 24.7 Å². The van der Waals surface area contributed by atoms with Crippen molar-refractivity contribution in [2.75, 3.05) is 0 Å². The van der Waals surface area contributed by atoms with Gasteiger partial charge in [0, 0.05) is 0 Å². The van der Waals surface area contributed by atoms with Crippen LogP contribution in [0.1, 0.15) is 213 Å². The van der Waals surface area contributed by atoms with Crippen molar-refractivity contribution in [3.05, 3.63) is 0 Å². The molecule has 0 saturated carbocycles. The summed E-state index contributed by atoms with van der Waals surface area (Å²) < 4.78 is 0. The van der Waals surface area contributed by atoms with E-state index in [0.29, 0.717) is 0 Å². The number of hydrogen-bond donors (Lipinski definition) is 0. The summed E-state index contributed by atoms with van der Waals surface area (Å²) in [6, 6.07) is 4.90. The van der Waals surface area contributed by atoms with Gasteiger partial charge in [0.2, 0.25) is 0 Å². The molecule has 38 heavy (non-hydrogen) atoms. The van der Waals surface area contributed by atoms with Crippen LogP contribution in [0.15, 0.2) is 0 Å². The van der Waals surface area contributed by atoms with Crippen molar-refractivity contribution in [2.24, 2.45) is 0 Å². The Labute approximate surface area is 245 Å². The Morgan fingerprint density at radius 1 is 0.237 bits per heavy atom. The minimum atomic E-state index is -1.01. The lowest BCUT2D eigenvalue weighted by molar-refractivity contribution is 0.531. The third-order valence-corrected chi connectivity index (χ3v) is 14.1. The Morgan fingerprint density at radius 2 is 0.395 bits per heavy atom. The molecular formula is C37H78Si. The zero-order valence-electron chi connectivity index (χ0n) is 27.8. The topological polar surface area (TPSA) is 0 Å². The van der Waals surface area contributed by atoms with Crippen LogP contribution in [0, 0.1) is 0 Å². The average molecular weight is 551 g/mol. The first kappa shape index (κ1) is 38.2. The van der Waals surface area contributed by atoms with Crippen molar-refractivity contribution in [3.8, 4) is 0 Å². The molecule has 0 aliphatic rings. The minimum absolute atomic E-state index is 1.01. The molecule has 0 fully saturated rings. The molecule has 0 aliphatic carbocycles. The molecule has 0 rings (SSSR count). The largest absolute Gasteiger partial charge is 0.0691 e. The Balaban J connectivity index is 3.85. The molecule has 0 aliphatic heterocycles. The second-order valence-corrected chi connectivity index (χ2v) is 18.7. The van der Waals surface area contributed by atoms with E-state index in [2.05, 4.69) is 27.3 Å². The molecule has 230 valence electrons. The van der Waals surface area contributed by atoms with Crippen molar-refractivity contribution in [2.45, 2.75) is 238 Å². The number of unbranched alkanes of at least 4 members (excludes halogenated alkanes) is 27. The fourth-order valence-electron chi connectivity index (χ4n) is 6.49. The van der Waals surface area contributed by atoms with Gasteiger partial charge < -0.3 is 0 Å². The van der Waals surface area contributed by atoms with Gasteiger partial charge in [-0.1, -0.05) is 238 Å². The lowest BCUT2D eigenvalue weighted by Gasteiger charge is -2.28. The highest BCUT2D eigenvalue weighted by atomic mass is 28.3. The minimum Gasteiger partial charge on any atom is -0.0691 e. The summed E-state index contributed by atoms with van der Waals surface area (Å²) in [5.41, 5.74) is 0. The molecule has 1 unspecified atom stereocenters. The molecule has 0 aromatic rings. The van der Waals surface area contributed by atoms with Crippen molar-refractivity contribution >= 4 is 8.07 Å². The molecule has 0 aromatic carbocycles. The third kappa shape index (κ3) is 29.2. The van der Waals surface area contributed by atoms with Gasteiger partial charge >= 0.3 is 0 Å². The maximum Gasteiger partial charge on any atom is 0.0504 e. The van der Waals surface area contributed by atoms with Gasteiger partial charge in [0.25, 0.3) is 0 Å². The van der Waals surface area contributed by atoms with Gasteiger partial charge in [-0.15, -0.1) is 0 Å². The molecule has 0 aromatic heterocycles. The van der Waals surface area contributed by atoms with E-state index in [4.69, 9.17) is 0 Å². The summed E-state index contributed by atoms with van der Waals surface area (Å²) >= 11 is 0.